The van der Waals surface area contributed by atoms with Crippen LogP contribution in [0, 0.1) is 11.3 Å². The highest BCUT2D eigenvalue weighted by Gasteiger charge is 2.23. The Morgan fingerprint density at radius 1 is 1.39 bits per heavy atom. The van der Waals surface area contributed by atoms with Gasteiger partial charge in [0, 0.05) is 30.9 Å². The zero-order valence-electron chi connectivity index (χ0n) is 10.9. The first-order valence-corrected chi connectivity index (χ1v) is 6.25. The normalized spacial score (nSPS) is 23.5. The van der Waals surface area contributed by atoms with Gasteiger partial charge in [-0.15, -0.1) is 0 Å². The smallest absolute Gasteiger partial charge is 0.119 e. The molecular formula is C14H19N3O. The van der Waals surface area contributed by atoms with E-state index in [4.69, 9.17) is 10.00 Å². The van der Waals surface area contributed by atoms with Crippen molar-refractivity contribution in [2.45, 2.75) is 25.4 Å². The van der Waals surface area contributed by atoms with Crippen molar-refractivity contribution in [3.05, 3.63) is 24.3 Å². The van der Waals surface area contributed by atoms with Crippen molar-refractivity contribution in [1.29, 1.82) is 5.26 Å². The van der Waals surface area contributed by atoms with Gasteiger partial charge in [-0.3, -0.25) is 0 Å². The fourth-order valence-corrected chi connectivity index (χ4v) is 2.42. The number of piperazine rings is 1. The number of anilines is 1. The second-order valence-electron chi connectivity index (χ2n) is 4.73. The standard InChI is InChI=1S/C14H19N3O/c1-11-9-17(10-12(16-11)7-8-15)13-3-5-14(18-2)6-4-13/h3-6,11-12,16H,7,9-10H2,1-2H3. The van der Waals surface area contributed by atoms with Crippen molar-refractivity contribution >= 4 is 5.69 Å². The van der Waals surface area contributed by atoms with Crippen LogP contribution in [0.25, 0.3) is 0 Å². The number of benzene rings is 1. The molecule has 0 saturated carbocycles. The molecule has 0 spiro atoms. The number of hydrogen-bond acceptors (Lipinski definition) is 4. The van der Waals surface area contributed by atoms with Crippen LogP contribution in [-0.4, -0.2) is 32.3 Å². The average molecular weight is 245 g/mol. The third-order valence-electron chi connectivity index (χ3n) is 3.23. The zero-order valence-corrected chi connectivity index (χ0v) is 10.9. The van der Waals surface area contributed by atoms with Crippen LogP contribution in [0.15, 0.2) is 24.3 Å². The zero-order chi connectivity index (χ0) is 13.0. The molecule has 4 heteroatoms. The SMILES string of the molecule is COc1ccc(N2CC(C)NC(CC#N)C2)cc1. The summed E-state index contributed by atoms with van der Waals surface area (Å²) < 4.78 is 5.16. The first kappa shape index (κ1) is 12.7. The maximum Gasteiger partial charge on any atom is 0.119 e. The third-order valence-corrected chi connectivity index (χ3v) is 3.23. The summed E-state index contributed by atoms with van der Waals surface area (Å²) in [4.78, 5) is 2.32. The topological polar surface area (TPSA) is 48.3 Å². The van der Waals surface area contributed by atoms with E-state index in [0.29, 0.717) is 12.5 Å². The van der Waals surface area contributed by atoms with Crippen molar-refractivity contribution in [3.63, 3.8) is 0 Å². The van der Waals surface area contributed by atoms with E-state index in [1.807, 2.05) is 12.1 Å². The molecule has 0 radical (unpaired) electrons. The summed E-state index contributed by atoms with van der Waals surface area (Å²) >= 11 is 0. The molecule has 2 rings (SSSR count). The average Bonchev–Trinajstić information content (AvgIpc) is 2.38. The van der Waals surface area contributed by atoms with E-state index < -0.39 is 0 Å². The van der Waals surface area contributed by atoms with Gasteiger partial charge in [-0.1, -0.05) is 0 Å². The summed E-state index contributed by atoms with van der Waals surface area (Å²) in [6, 6.07) is 11.0. The minimum absolute atomic E-state index is 0.251. The third kappa shape index (κ3) is 2.93. The molecule has 2 unspecified atom stereocenters. The van der Waals surface area contributed by atoms with Crippen LogP contribution in [-0.2, 0) is 0 Å². The van der Waals surface area contributed by atoms with Gasteiger partial charge < -0.3 is 15.0 Å². The lowest BCUT2D eigenvalue weighted by Crippen LogP contribution is -2.55. The molecule has 96 valence electrons. The summed E-state index contributed by atoms with van der Waals surface area (Å²) in [5.41, 5.74) is 1.19. The molecule has 1 heterocycles. The molecule has 1 saturated heterocycles. The van der Waals surface area contributed by atoms with Crippen LogP contribution < -0.4 is 15.0 Å². The second kappa shape index (κ2) is 5.74. The van der Waals surface area contributed by atoms with Crippen molar-refractivity contribution in [2.24, 2.45) is 0 Å². The van der Waals surface area contributed by atoms with Gasteiger partial charge in [0.25, 0.3) is 0 Å². The fraction of sp³-hybridized carbons (Fsp3) is 0.500. The van der Waals surface area contributed by atoms with Gasteiger partial charge in [-0.05, 0) is 31.2 Å². The Morgan fingerprint density at radius 2 is 2.11 bits per heavy atom. The van der Waals surface area contributed by atoms with Crippen molar-refractivity contribution < 1.29 is 4.74 Å². The molecule has 1 fully saturated rings. The predicted molar refractivity (Wildman–Crippen MR) is 71.8 cm³/mol. The van der Waals surface area contributed by atoms with E-state index in [0.717, 1.165) is 18.8 Å². The number of nitrogens with one attached hydrogen (secondary N) is 1. The molecule has 0 bridgehead atoms. The van der Waals surface area contributed by atoms with Crippen LogP contribution in [0.3, 0.4) is 0 Å². The molecule has 1 aliphatic rings. The summed E-state index contributed by atoms with van der Waals surface area (Å²) in [5.74, 6) is 0.871. The molecular weight excluding hydrogens is 226 g/mol. The van der Waals surface area contributed by atoms with E-state index in [1.54, 1.807) is 7.11 Å². The quantitative estimate of drug-likeness (QED) is 0.881. The van der Waals surface area contributed by atoms with Crippen molar-refractivity contribution in [3.8, 4) is 11.8 Å². The Balaban J connectivity index is 2.08. The second-order valence-corrected chi connectivity index (χ2v) is 4.73. The van der Waals surface area contributed by atoms with Gasteiger partial charge in [-0.2, -0.15) is 5.26 Å². The lowest BCUT2D eigenvalue weighted by atomic mass is 10.1. The highest BCUT2D eigenvalue weighted by atomic mass is 16.5. The van der Waals surface area contributed by atoms with E-state index in [2.05, 4.69) is 35.3 Å². The van der Waals surface area contributed by atoms with Gasteiger partial charge in [-0.25, -0.2) is 0 Å². The molecule has 18 heavy (non-hydrogen) atoms. The molecule has 0 aliphatic carbocycles. The van der Waals surface area contributed by atoms with Crippen LogP contribution in [0.2, 0.25) is 0 Å². The van der Waals surface area contributed by atoms with E-state index in [1.165, 1.54) is 5.69 Å². The maximum atomic E-state index is 8.80. The van der Waals surface area contributed by atoms with Gasteiger partial charge in [0.05, 0.1) is 19.6 Å². The van der Waals surface area contributed by atoms with E-state index in [9.17, 15) is 0 Å². The van der Waals surface area contributed by atoms with E-state index in [-0.39, 0.29) is 6.04 Å². The van der Waals surface area contributed by atoms with Crippen LogP contribution in [0.4, 0.5) is 5.69 Å². The largest absolute Gasteiger partial charge is 0.497 e. The molecule has 4 nitrogen and oxygen atoms in total. The number of nitriles is 1. The van der Waals surface area contributed by atoms with Crippen LogP contribution in [0.5, 0.6) is 5.75 Å². The molecule has 0 aromatic heterocycles. The molecule has 2 atom stereocenters. The highest BCUT2D eigenvalue weighted by Crippen LogP contribution is 2.21. The Hall–Kier alpha value is -1.73. The lowest BCUT2D eigenvalue weighted by Gasteiger charge is -2.38. The number of nitrogens with zero attached hydrogens (tertiary/aromatic N) is 2. The summed E-state index contributed by atoms with van der Waals surface area (Å²) in [6.07, 6.45) is 0.553. The van der Waals surface area contributed by atoms with Gasteiger partial charge in [0.1, 0.15) is 5.75 Å². The maximum absolute atomic E-state index is 8.80. The molecule has 1 aromatic rings. The highest BCUT2D eigenvalue weighted by molar-refractivity contribution is 5.50. The molecule has 1 aromatic carbocycles. The Kier molecular flexibility index (Phi) is 4.06. The predicted octanol–water partition coefficient (Wildman–Crippen LogP) is 1.78. The summed E-state index contributed by atoms with van der Waals surface area (Å²) in [7, 11) is 1.67. The Labute approximate surface area is 108 Å². The molecule has 1 aliphatic heterocycles. The number of hydrogen-bond donors (Lipinski definition) is 1. The van der Waals surface area contributed by atoms with Crippen molar-refractivity contribution in [1.82, 2.24) is 5.32 Å². The van der Waals surface area contributed by atoms with Gasteiger partial charge in [0.15, 0.2) is 0 Å². The van der Waals surface area contributed by atoms with Crippen LogP contribution in [0.1, 0.15) is 13.3 Å². The summed E-state index contributed by atoms with van der Waals surface area (Å²) in [5, 5.41) is 12.3. The number of ether oxygens (including phenoxy) is 1. The minimum atomic E-state index is 0.251. The first-order valence-electron chi connectivity index (χ1n) is 6.25. The first-order chi connectivity index (χ1) is 8.72. The molecule has 0 amide bonds. The Bertz CT molecular complexity index is 424. The van der Waals surface area contributed by atoms with Crippen molar-refractivity contribution in [2.75, 3.05) is 25.1 Å². The van der Waals surface area contributed by atoms with Gasteiger partial charge >= 0.3 is 0 Å². The number of methoxy groups -OCH3 is 1. The van der Waals surface area contributed by atoms with Gasteiger partial charge in [0.2, 0.25) is 0 Å². The summed E-state index contributed by atoms with van der Waals surface area (Å²) in [6.45, 7) is 4.00. The molecule has 1 N–H and O–H groups in total. The Morgan fingerprint density at radius 3 is 2.72 bits per heavy atom. The lowest BCUT2D eigenvalue weighted by molar-refractivity contribution is 0.390. The van der Waals surface area contributed by atoms with Crippen LogP contribution >= 0.6 is 0 Å². The monoisotopic (exact) mass is 245 g/mol. The van der Waals surface area contributed by atoms with E-state index >= 15 is 0 Å². The minimum Gasteiger partial charge on any atom is -0.497 e. The number of rotatable bonds is 3. The fourth-order valence-electron chi connectivity index (χ4n) is 2.42.